The smallest absolute Gasteiger partial charge is 0.235 e. The Morgan fingerprint density at radius 2 is 2.18 bits per heavy atom. The summed E-state index contributed by atoms with van der Waals surface area (Å²) in [7, 11) is 0. The maximum absolute atomic E-state index is 11.9. The standard InChI is InChI=1S/C12H19N3O2/c1-4-14-9(8-13)5-6-15-10(16)7-12(2,3)11(15)17/h9,14H,4-7H2,1-3H3. The molecule has 0 bridgehead atoms. The minimum atomic E-state index is -0.586. The highest BCUT2D eigenvalue weighted by molar-refractivity contribution is 6.05. The van der Waals surface area contributed by atoms with Crippen molar-refractivity contribution in [3.8, 4) is 6.07 Å². The molecule has 17 heavy (non-hydrogen) atoms. The van der Waals surface area contributed by atoms with E-state index in [1.165, 1.54) is 4.90 Å². The van der Waals surface area contributed by atoms with E-state index in [9.17, 15) is 9.59 Å². The Bertz CT molecular complexity index is 357. The highest BCUT2D eigenvalue weighted by Crippen LogP contribution is 2.31. The molecule has 5 heteroatoms. The fourth-order valence-corrected chi connectivity index (χ4v) is 1.97. The molecule has 1 saturated heterocycles. The maximum Gasteiger partial charge on any atom is 0.235 e. The minimum Gasteiger partial charge on any atom is -0.302 e. The average Bonchev–Trinajstić information content (AvgIpc) is 2.45. The highest BCUT2D eigenvalue weighted by atomic mass is 16.2. The van der Waals surface area contributed by atoms with Gasteiger partial charge in [-0.3, -0.25) is 14.5 Å². The molecule has 0 saturated carbocycles. The lowest BCUT2D eigenvalue weighted by atomic mass is 9.92. The van der Waals surface area contributed by atoms with Crippen molar-refractivity contribution >= 4 is 11.8 Å². The van der Waals surface area contributed by atoms with Crippen molar-refractivity contribution in [2.75, 3.05) is 13.1 Å². The summed E-state index contributed by atoms with van der Waals surface area (Å²) in [6.45, 7) is 6.50. The summed E-state index contributed by atoms with van der Waals surface area (Å²) < 4.78 is 0. The van der Waals surface area contributed by atoms with Gasteiger partial charge in [0.15, 0.2) is 0 Å². The van der Waals surface area contributed by atoms with Gasteiger partial charge in [-0.15, -0.1) is 0 Å². The Hall–Kier alpha value is -1.41. The van der Waals surface area contributed by atoms with Crippen LogP contribution in [0.15, 0.2) is 0 Å². The van der Waals surface area contributed by atoms with Gasteiger partial charge in [0.1, 0.15) is 0 Å². The zero-order valence-electron chi connectivity index (χ0n) is 10.6. The molecule has 2 amide bonds. The minimum absolute atomic E-state index is 0.129. The summed E-state index contributed by atoms with van der Waals surface area (Å²) >= 11 is 0. The molecule has 1 aliphatic heterocycles. The number of rotatable bonds is 5. The van der Waals surface area contributed by atoms with E-state index in [4.69, 9.17) is 5.26 Å². The summed E-state index contributed by atoms with van der Waals surface area (Å²) in [6, 6.07) is 1.82. The normalized spacial score (nSPS) is 20.5. The van der Waals surface area contributed by atoms with E-state index in [0.717, 1.165) is 0 Å². The van der Waals surface area contributed by atoms with Crippen molar-refractivity contribution < 1.29 is 9.59 Å². The fraction of sp³-hybridized carbons (Fsp3) is 0.750. The van der Waals surface area contributed by atoms with Crippen LogP contribution in [0.3, 0.4) is 0 Å². The van der Waals surface area contributed by atoms with Crippen LogP contribution in [0.1, 0.15) is 33.6 Å². The van der Waals surface area contributed by atoms with Gasteiger partial charge < -0.3 is 5.32 Å². The molecule has 0 spiro atoms. The summed E-state index contributed by atoms with van der Waals surface area (Å²) in [5.74, 6) is -0.260. The van der Waals surface area contributed by atoms with Crippen LogP contribution < -0.4 is 5.32 Å². The molecular weight excluding hydrogens is 218 g/mol. The van der Waals surface area contributed by atoms with Crippen LogP contribution in [0, 0.1) is 16.7 Å². The van der Waals surface area contributed by atoms with Crippen LogP contribution in [0.4, 0.5) is 0 Å². The predicted molar refractivity (Wildman–Crippen MR) is 62.8 cm³/mol. The molecule has 0 aromatic carbocycles. The molecule has 1 fully saturated rings. The van der Waals surface area contributed by atoms with Crippen molar-refractivity contribution in [2.45, 2.75) is 39.7 Å². The third-order valence-electron chi connectivity index (χ3n) is 2.97. The zero-order valence-corrected chi connectivity index (χ0v) is 10.6. The first kappa shape index (κ1) is 13.7. The average molecular weight is 237 g/mol. The van der Waals surface area contributed by atoms with Crippen LogP contribution in [0.5, 0.6) is 0 Å². The van der Waals surface area contributed by atoms with E-state index in [1.807, 2.05) is 6.92 Å². The number of imide groups is 1. The van der Waals surface area contributed by atoms with Crippen LogP contribution in [0.2, 0.25) is 0 Å². The maximum atomic E-state index is 11.9. The van der Waals surface area contributed by atoms with Gasteiger partial charge in [-0.2, -0.15) is 5.26 Å². The number of hydrogen-bond acceptors (Lipinski definition) is 4. The lowest BCUT2D eigenvalue weighted by Crippen LogP contribution is -2.37. The molecule has 0 aliphatic carbocycles. The van der Waals surface area contributed by atoms with Gasteiger partial charge in [-0.25, -0.2) is 0 Å². The third-order valence-corrected chi connectivity index (χ3v) is 2.97. The molecule has 1 N–H and O–H groups in total. The number of hydrogen-bond donors (Lipinski definition) is 1. The lowest BCUT2D eigenvalue weighted by molar-refractivity contribution is -0.140. The van der Waals surface area contributed by atoms with Crippen LogP contribution in [-0.2, 0) is 9.59 Å². The topological polar surface area (TPSA) is 73.2 Å². The van der Waals surface area contributed by atoms with Crippen LogP contribution >= 0.6 is 0 Å². The van der Waals surface area contributed by atoms with Crippen molar-refractivity contribution in [2.24, 2.45) is 5.41 Å². The first-order chi connectivity index (χ1) is 7.92. The predicted octanol–water partition coefficient (Wildman–Crippen LogP) is 0.663. The van der Waals surface area contributed by atoms with E-state index in [1.54, 1.807) is 13.8 Å². The van der Waals surface area contributed by atoms with Gasteiger partial charge in [0, 0.05) is 13.0 Å². The second kappa shape index (κ2) is 5.28. The highest BCUT2D eigenvalue weighted by Gasteiger charge is 2.44. The van der Waals surface area contributed by atoms with E-state index in [2.05, 4.69) is 11.4 Å². The number of nitriles is 1. The Balaban J connectivity index is 2.56. The second-order valence-corrected chi connectivity index (χ2v) is 4.94. The largest absolute Gasteiger partial charge is 0.302 e. The van der Waals surface area contributed by atoms with Crippen molar-refractivity contribution in [1.29, 1.82) is 5.26 Å². The lowest BCUT2D eigenvalue weighted by Gasteiger charge is -2.19. The Morgan fingerprint density at radius 3 is 2.59 bits per heavy atom. The third kappa shape index (κ3) is 3.04. The first-order valence-corrected chi connectivity index (χ1v) is 5.90. The summed E-state index contributed by atoms with van der Waals surface area (Å²) in [6.07, 6.45) is 0.752. The van der Waals surface area contributed by atoms with Gasteiger partial charge in [-0.1, -0.05) is 20.8 Å². The monoisotopic (exact) mass is 237 g/mol. The Kier molecular flexibility index (Phi) is 4.24. The molecule has 1 heterocycles. The summed E-state index contributed by atoms with van der Waals surface area (Å²) in [5.41, 5.74) is -0.586. The first-order valence-electron chi connectivity index (χ1n) is 5.90. The number of nitrogens with zero attached hydrogens (tertiary/aromatic N) is 2. The second-order valence-electron chi connectivity index (χ2n) is 4.94. The van der Waals surface area contributed by atoms with E-state index >= 15 is 0 Å². The molecule has 0 aromatic heterocycles. The Morgan fingerprint density at radius 1 is 1.53 bits per heavy atom. The van der Waals surface area contributed by atoms with Crippen molar-refractivity contribution in [3.63, 3.8) is 0 Å². The van der Waals surface area contributed by atoms with Crippen molar-refractivity contribution in [1.82, 2.24) is 10.2 Å². The molecule has 5 nitrogen and oxygen atoms in total. The molecule has 1 unspecified atom stereocenters. The SMILES string of the molecule is CCNC(C#N)CCN1C(=O)CC(C)(C)C1=O. The number of carbonyl (C=O) groups excluding carboxylic acids is 2. The van der Waals surface area contributed by atoms with Crippen molar-refractivity contribution in [3.05, 3.63) is 0 Å². The zero-order chi connectivity index (χ0) is 13.1. The molecule has 94 valence electrons. The molecular formula is C12H19N3O2. The van der Waals surface area contributed by atoms with Crippen LogP contribution in [-0.4, -0.2) is 35.8 Å². The number of nitrogens with one attached hydrogen (secondary N) is 1. The van der Waals surface area contributed by atoms with Gasteiger partial charge in [-0.05, 0) is 13.0 Å². The van der Waals surface area contributed by atoms with Gasteiger partial charge in [0.05, 0.1) is 17.5 Å². The number of carbonyl (C=O) groups is 2. The summed E-state index contributed by atoms with van der Waals surface area (Å²) in [4.78, 5) is 24.8. The molecule has 1 rings (SSSR count). The van der Waals surface area contributed by atoms with Gasteiger partial charge in [0.2, 0.25) is 11.8 Å². The quantitative estimate of drug-likeness (QED) is 0.713. The fourth-order valence-electron chi connectivity index (χ4n) is 1.97. The number of amides is 2. The van der Waals surface area contributed by atoms with E-state index in [-0.39, 0.29) is 24.3 Å². The summed E-state index contributed by atoms with van der Waals surface area (Å²) in [5, 5.41) is 11.9. The van der Waals surface area contributed by atoms with E-state index in [0.29, 0.717) is 19.5 Å². The van der Waals surface area contributed by atoms with Gasteiger partial charge in [0.25, 0.3) is 0 Å². The molecule has 0 radical (unpaired) electrons. The van der Waals surface area contributed by atoms with Gasteiger partial charge >= 0.3 is 0 Å². The number of likely N-dealkylation sites (tertiary alicyclic amines) is 1. The molecule has 0 aromatic rings. The Labute approximate surface area is 102 Å². The molecule has 1 atom stereocenters. The van der Waals surface area contributed by atoms with E-state index < -0.39 is 5.41 Å². The molecule has 1 aliphatic rings. The van der Waals surface area contributed by atoms with Crippen LogP contribution in [0.25, 0.3) is 0 Å².